The SMILES string of the molecule is CN(CCl)C1C2CC3(c4ccccc4)CC1C(C(=O)/N=C/C1CCC(CN)CC1)(C2)C3. The molecule has 1 aromatic rings. The van der Waals surface area contributed by atoms with E-state index in [1.54, 1.807) is 0 Å². The van der Waals surface area contributed by atoms with Crippen molar-refractivity contribution in [3.63, 3.8) is 0 Å². The molecule has 2 N–H and O–H groups in total. The molecule has 5 unspecified atom stereocenters. The molecule has 168 valence electrons. The largest absolute Gasteiger partial charge is 0.330 e. The number of amides is 1. The molecule has 0 aliphatic heterocycles. The molecule has 5 fully saturated rings. The van der Waals surface area contributed by atoms with E-state index >= 15 is 0 Å². The molecular formula is C26H36ClN3O. The number of nitrogens with zero attached hydrogens (tertiary/aromatic N) is 2. The third kappa shape index (κ3) is 3.50. The minimum atomic E-state index is -0.311. The van der Waals surface area contributed by atoms with Gasteiger partial charge in [-0.3, -0.25) is 9.69 Å². The lowest BCUT2D eigenvalue weighted by Gasteiger charge is -2.44. The van der Waals surface area contributed by atoms with Crippen molar-refractivity contribution < 1.29 is 4.79 Å². The molecule has 4 bridgehead atoms. The minimum Gasteiger partial charge on any atom is -0.330 e. The molecule has 5 aliphatic carbocycles. The molecule has 1 aromatic carbocycles. The summed E-state index contributed by atoms with van der Waals surface area (Å²) >= 11 is 6.27. The molecule has 0 saturated heterocycles. The van der Waals surface area contributed by atoms with Crippen molar-refractivity contribution in [2.45, 2.75) is 62.8 Å². The molecular weight excluding hydrogens is 406 g/mol. The second-order valence-electron chi connectivity index (χ2n) is 10.9. The van der Waals surface area contributed by atoms with Gasteiger partial charge in [-0.25, -0.2) is 4.99 Å². The summed E-state index contributed by atoms with van der Waals surface area (Å²) < 4.78 is 0. The van der Waals surface area contributed by atoms with Gasteiger partial charge in [0, 0.05) is 12.3 Å². The summed E-state index contributed by atoms with van der Waals surface area (Å²) in [6.07, 6.45) is 10.7. The van der Waals surface area contributed by atoms with E-state index in [2.05, 4.69) is 47.3 Å². The zero-order chi connectivity index (χ0) is 21.6. The summed E-state index contributed by atoms with van der Waals surface area (Å²) in [7, 11) is 2.12. The van der Waals surface area contributed by atoms with Crippen LogP contribution in [0.25, 0.3) is 0 Å². The fourth-order valence-corrected chi connectivity index (χ4v) is 8.09. The van der Waals surface area contributed by atoms with Gasteiger partial charge in [0.25, 0.3) is 5.91 Å². The number of alkyl halides is 1. The van der Waals surface area contributed by atoms with Crippen LogP contribution < -0.4 is 5.73 Å². The summed E-state index contributed by atoms with van der Waals surface area (Å²) in [6, 6.07) is 11.8. The monoisotopic (exact) mass is 441 g/mol. The van der Waals surface area contributed by atoms with Crippen molar-refractivity contribution in [1.82, 2.24) is 4.90 Å². The van der Waals surface area contributed by atoms with Gasteiger partial charge in [-0.1, -0.05) is 30.3 Å². The van der Waals surface area contributed by atoms with E-state index in [0.717, 1.165) is 51.5 Å². The van der Waals surface area contributed by atoms with Gasteiger partial charge in [-0.2, -0.15) is 0 Å². The van der Waals surface area contributed by atoms with Gasteiger partial charge in [-0.15, -0.1) is 11.6 Å². The fourth-order valence-electron chi connectivity index (χ4n) is 7.93. The smallest absolute Gasteiger partial charge is 0.251 e. The van der Waals surface area contributed by atoms with Gasteiger partial charge in [0.15, 0.2) is 0 Å². The number of halogens is 1. The first-order valence-corrected chi connectivity index (χ1v) is 12.7. The van der Waals surface area contributed by atoms with Crippen molar-refractivity contribution >= 4 is 23.7 Å². The topological polar surface area (TPSA) is 58.7 Å². The zero-order valence-electron chi connectivity index (χ0n) is 18.7. The summed E-state index contributed by atoms with van der Waals surface area (Å²) in [4.78, 5) is 20.7. The van der Waals surface area contributed by atoms with Crippen LogP contribution in [0.3, 0.4) is 0 Å². The number of carbonyl (C=O) groups is 1. The first-order chi connectivity index (χ1) is 15.0. The van der Waals surface area contributed by atoms with Crippen molar-refractivity contribution in [2.75, 3.05) is 19.6 Å². The van der Waals surface area contributed by atoms with Gasteiger partial charge in [0.2, 0.25) is 0 Å². The number of hydrogen-bond acceptors (Lipinski definition) is 3. The predicted molar refractivity (Wildman–Crippen MR) is 126 cm³/mol. The quantitative estimate of drug-likeness (QED) is 0.398. The van der Waals surface area contributed by atoms with Gasteiger partial charge >= 0.3 is 0 Å². The Morgan fingerprint density at radius 3 is 2.61 bits per heavy atom. The Kier molecular flexibility index (Phi) is 5.77. The van der Waals surface area contributed by atoms with E-state index in [0.29, 0.717) is 35.7 Å². The molecule has 5 heteroatoms. The molecule has 6 rings (SSSR count). The second kappa shape index (κ2) is 8.28. The van der Waals surface area contributed by atoms with Crippen LogP contribution in [0.15, 0.2) is 35.3 Å². The van der Waals surface area contributed by atoms with Crippen molar-refractivity contribution in [1.29, 1.82) is 0 Å². The summed E-state index contributed by atoms with van der Waals surface area (Å²) in [5.74, 6) is 2.11. The molecule has 4 nitrogen and oxygen atoms in total. The Labute approximate surface area is 191 Å². The lowest BCUT2D eigenvalue weighted by molar-refractivity contribution is -0.129. The van der Waals surface area contributed by atoms with Gasteiger partial charge < -0.3 is 5.73 Å². The van der Waals surface area contributed by atoms with Gasteiger partial charge in [0.1, 0.15) is 0 Å². The van der Waals surface area contributed by atoms with E-state index in [-0.39, 0.29) is 16.7 Å². The maximum atomic E-state index is 13.7. The van der Waals surface area contributed by atoms with Crippen LogP contribution in [0.1, 0.15) is 56.9 Å². The molecule has 0 radical (unpaired) electrons. The Hall–Kier alpha value is -1.23. The third-order valence-electron chi connectivity index (χ3n) is 9.29. The minimum absolute atomic E-state index is 0.128. The highest BCUT2D eigenvalue weighted by atomic mass is 35.5. The number of benzene rings is 1. The second-order valence-corrected chi connectivity index (χ2v) is 11.2. The van der Waals surface area contributed by atoms with Crippen LogP contribution in [0.2, 0.25) is 0 Å². The van der Waals surface area contributed by atoms with E-state index in [1.807, 2.05) is 6.21 Å². The number of rotatable bonds is 6. The molecule has 1 amide bonds. The molecule has 31 heavy (non-hydrogen) atoms. The average molecular weight is 442 g/mol. The van der Waals surface area contributed by atoms with Crippen molar-refractivity contribution in [2.24, 2.45) is 39.8 Å². The number of carbonyl (C=O) groups excluding carboxylic acids is 1. The molecule has 0 heterocycles. The van der Waals surface area contributed by atoms with E-state index in [9.17, 15) is 4.79 Å². The summed E-state index contributed by atoms with van der Waals surface area (Å²) in [5.41, 5.74) is 7.07. The van der Waals surface area contributed by atoms with Crippen LogP contribution in [0.5, 0.6) is 0 Å². The van der Waals surface area contributed by atoms with Crippen LogP contribution in [0, 0.1) is 29.1 Å². The standard InChI is InChI=1S/C26H36ClN3O/c1-30(17-27)23-20-11-25(21-5-3-2-4-6-21)13-22(23)26(12-20,16-25)24(31)29-15-19-9-7-18(14-28)8-10-19/h2-6,15,18-20,22-23H,7-14,16-17,28H2,1H3/b29-15+. The first-order valence-electron chi connectivity index (χ1n) is 12.1. The highest BCUT2D eigenvalue weighted by Crippen LogP contribution is 2.71. The maximum absolute atomic E-state index is 13.7. The van der Waals surface area contributed by atoms with E-state index < -0.39 is 0 Å². The average Bonchev–Trinajstić information content (AvgIpc) is 3.19. The fraction of sp³-hybridized carbons (Fsp3) is 0.692. The highest BCUT2D eigenvalue weighted by molar-refractivity contribution is 6.17. The third-order valence-corrected chi connectivity index (χ3v) is 9.66. The Bertz CT molecular complexity index is 836. The van der Waals surface area contributed by atoms with E-state index in [4.69, 9.17) is 17.3 Å². The molecule has 0 spiro atoms. The highest BCUT2D eigenvalue weighted by Gasteiger charge is 2.71. The van der Waals surface area contributed by atoms with Gasteiger partial charge in [-0.05, 0) is 99.6 Å². The molecule has 5 atom stereocenters. The number of hydrogen-bond donors (Lipinski definition) is 1. The Balaban J connectivity index is 1.40. The molecule has 0 aromatic heterocycles. The summed E-state index contributed by atoms with van der Waals surface area (Å²) in [6.45, 7) is 0.784. The van der Waals surface area contributed by atoms with E-state index in [1.165, 1.54) is 12.0 Å². The van der Waals surface area contributed by atoms with Gasteiger partial charge in [0.05, 0.1) is 11.4 Å². The number of nitrogens with two attached hydrogens (primary N) is 1. The number of aliphatic imine (C=N–C) groups is 1. The Morgan fingerprint density at radius 2 is 1.94 bits per heavy atom. The Morgan fingerprint density at radius 1 is 1.19 bits per heavy atom. The molecule has 5 aliphatic rings. The predicted octanol–water partition coefficient (Wildman–Crippen LogP) is 4.60. The normalized spacial score (nSPS) is 41.5. The lowest BCUT2D eigenvalue weighted by Crippen LogP contribution is -2.45. The van der Waals surface area contributed by atoms with Crippen LogP contribution in [-0.4, -0.2) is 42.7 Å². The molecule has 5 saturated carbocycles. The lowest BCUT2D eigenvalue weighted by atomic mass is 9.63. The van der Waals surface area contributed by atoms with Crippen molar-refractivity contribution in [3.8, 4) is 0 Å². The zero-order valence-corrected chi connectivity index (χ0v) is 19.4. The van der Waals surface area contributed by atoms with Crippen molar-refractivity contribution in [3.05, 3.63) is 35.9 Å². The van der Waals surface area contributed by atoms with Crippen LogP contribution in [0.4, 0.5) is 0 Å². The van der Waals surface area contributed by atoms with Crippen LogP contribution >= 0.6 is 11.6 Å². The first kappa shape index (κ1) is 21.6. The van der Waals surface area contributed by atoms with Crippen LogP contribution in [-0.2, 0) is 10.2 Å². The maximum Gasteiger partial charge on any atom is 0.251 e. The summed E-state index contributed by atoms with van der Waals surface area (Å²) in [5, 5.41) is 0.